The van der Waals surface area contributed by atoms with Crippen LogP contribution in [0.25, 0.3) is 0 Å². The van der Waals surface area contributed by atoms with Crippen molar-refractivity contribution in [2.75, 3.05) is 11.5 Å². The molecule has 1 aliphatic rings. The van der Waals surface area contributed by atoms with Gasteiger partial charge < -0.3 is 23.5 Å². The van der Waals surface area contributed by atoms with Crippen molar-refractivity contribution in [1.29, 1.82) is 0 Å². The summed E-state index contributed by atoms with van der Waals surface area (Å²) in [7, 11) is -2.97. The van der Waals surface area contributed by atoms with Crippen molar-refractivity contribution in [1.82, 2.24) is 5.32 Å². The van der Waals surface area contributed by atoms with Crippen LogP contribution < -0.4 is 23.5 Å². The summed E-state index contributed by atoms with van der Waals surface area (Å²) in [5.41, 5.74) is 3.67. The van der Waals surface area contributed by atoms with E-state index < -0.39 is 9.84 Å². The number of sulfone groups is 1. The highest BCUT2D eigenvalue weighted by atomic mass is 35.5. The number of carbonyl (C=O) groups is 1. The summed E-state index contributed by atoms with van der Waals surface area (Å²) < 4.78 is 22.1. The minimum Gasteiger partial charge on any atom is -1.00 e. The maximum Gasteiger partial charge on any atom is 0.217 e. The molecule has 0 saturated carbocycles. The molecule has 0 aliphatic carbocycles. The quantitative estimate of drug-likeness (QED) is 0.469. The van der Waals surface area contributed by atoms with Gasteiger partial charge in [-0.15, -0.1) is 0 Å². The Labute approximate surface area is 83.4 Å². The Morgan fingerprint density at radius 1 is 1.46 bits per heavy atom. The molecule has 1 saturated heterocycles. The number of halogens is 1. The van der Waals surface area contributed by atoms with E-state index in [4.69, 9.17) is 0 Å². The van der Waals surface area contributed by atoms with Gasteiger partial charge >= 0.3 is 0 Å². The van der Waals surface area contributed by atoms with Crippen LogP contribution >= 0.6 is 0 Å². The topological polar surface area (TPSA) is 90.9 Å². The van der Waals surface area contributed by atoms with Crippen LogP contribution in [0.3, 0.4) is 0 Å². The van der Waals surface area contributed by atoms with Gasteiger partial charge in [-0.25, -0.2) is 8.42 Å². The second-order valence-electron chi connectivity index (χ2n) is 3.14. The average Bonchev–Trinajstić information content (AvgIpc) is 2.03. The molecule has 1 rings (SSSR count). The predicted octanol–water partition coefficient (Wildman–Crippen LogP) is -5.47. The van der Waals surface area contributed by atoms with E-state index in [2.05, 4.69) is 11.1 Å². The molecule has 2 unspecified atom stereocenters. The second kappa shape index (κ2) is 4.26. The van der Waals surface area contributed by atoms with Gasteiger partial charge in [-0.3, -0.25) is 4.79 Å². The third kappa shape index (κ3) is 3.50. The van der Waals surface area contributed by atoms with Gasteiger partial charge in [-0.1, -0.05) is 0 Å². The molecule has 5 nitrogen and oxygen atoms in total. The fraction of sp³-hybridized carbons (Fsp3) is 0.833. The summed E-state index contributed by atoms with van der Waals surface area (Å²) in [5, 5.41) is 2.57. The standard InChI is InChI=1S/C6H12N2O3S.ClH/c1-4(9)8-6-3-12(10,11)2-5(6)7;/h5-6H,2-3,7H2,1H3,(H,8,9);1H. The molecule has 13 heavy (non-hydrogen) atoms. The Balaban J connectivity index is 0.00000144. The molecule has 4 N–H and O–H groups in total. The molecule has 1 aliphatic heterocycles. The monoisotopic (exact) mass is 228 g/mol. The van der Waals surface area contributed by atoms with Crippen molar-refractivity contribution in [2.45, 2.75) is 19.0 Å². The van der Waals surface area contributed by atoms with E-state index in [-0.39, 0.29) is 41.9 Å². The van der Waals surface area contributed by atoms with Crippen LogP contribution in [0.4, 0.5) is 0 Å². The third-order valence-corrected chi connectivity index (χ3v) is 3.66. The van der Waals surface area contributed by atoms with Crippen molar-refractivity contribution >= 4 is 15.7 Å². The SMILES string of the molecule is CC(=O)NC1CS(=O)(=O)CC1[NH3+].[Cl-]. The minimum absolute atomic E-state index is 0. The molecule has 0 radical (unpaired) electrons. The Hall–Kier alpha value is -0.330. The maximum absolute atomic E-state index is 11.0. The zero-order valence-corrected chi connectivity index (χ0v) is 8.86. The minimum atomic E-state index is -2.97. The zero-order valence-electron chi connectivity index (χ0n) is 7.29. The lowest BCUT2D eigenvalue weighted by atomic mass is 10.2. The van der Waals surface area contributed by atoms with E-state index in [0.717, 1.165) is 0 Å². The summed E-state index contributed by atoms with van der Waals surface area (Å²) in [5.74, 6) is -0.0932. The van der Waals surface area contributed by atoms with E-state index in [1.807, 2.05) is 0 Å². The van der Waals surface area contributed by atoms with Crippen molar-refractivity contribution in [3.63, 3.8) is 0 Å². The van der Waals surface area contributed by atoms with Gasteiger partial charge in [0.25, 0.3) is 0 Å². The molecular weight excluding hydrogens is 216 g/mol. The van der Waals surface area contributed by atoms with Gasteiger partial charge in [0, 0.05) is 6.92 Å². The highest BCUT2D eigenvalue weighted by Gasteiger charge is 2.38. The lowest BCUT2D eigenvalue weighted by molar-refractivity contribution is -0.415. The van der Waals surface area contributed by atoms with Gasteiger partial charge in [0.1, 0.15) is 11.8 Å². The molecule has 0 aromatic carbocycles. The van der Waals surface area contributed by atoms with E-state index in [9.17, 15) is 13.2 Å². The number of rotatable bonds is 1. The van der Waals surface area contributed by atoms with Gasteiger partial charge in [0.05, 0.1) is 11.8 Å². The molecule has 0 bridgehead atoms. The molecule has 78 valence electrons. The fourth-order valence-electron chi connectivity index (χ4n) is 1.34. The van der Waals surface area contributed by atoms with Crippen LogP contribution in [0, 0.1) is 0 Å². The molecule has 0 spiro atoms. The van der Waals surface area contributed by atoms with Crippen LogP contribution in [-0.4, -0.2) is 37.9 Å². The summed E-state index contributed by atoms with van der Waals surface area (Å²) in [4.78, 5) is 10.6. The summed E-state index contributed by atoms with van der Waals surface area (Å²) in [6.07, 6.45) is 0. The first-order chi connectivity index (χ1) is 5.41. The highest BCUT2D eigenvalue weighted by molar-refractivity contribution is 7.91. The molecule has 1 heterocycles. The predicted molar refractivity (Wildman–Crippen MR) is 42.9 cm³/mol. The van der Waals surface area contributed by atoms with Crippen molar-refractivity contribution in [2.24, 2.45) is 0 Å². The summed E-state index contributed by atoms with van der Waals surface area (Å²) in [6.45, 7) is 1.37. The number of nitrogens with one attached hydrogen (secondary N) is 1. The lowest BCUT2D eigenvalue weighted by Gasteiger charge is -2.10. The Morgan fingerprint density at radius 3 is 2.31 bits per heavy atom. The first-order valence-corrected chi connectivity index (χ1v) is 5.53. The largest absolute Gasteiger partial charge is 1.00 e. The van der Waals surface area contributed by atoms with Gasteiger partial charge in [0.2, 0.25) is 5.91 Å². The zero-order chi connectivity index (χ0) is 9.35. The average molecular weight is 229 g/mol. The summed E-state index contributed by atoms with van der Waals surface area (Å²) in [6, 6.07) is -0.508. The number of hydrogen-bond donors (Lipinski definition) is 2. The van der Waals surface area contributed by atoms with Crippen LogP contribution in [0.1, 0.15) is 6.92 Å². The molecule has 0 aromatic rings. The molecule has 1 fully saturated rings. The van der Waals surface area contributed by atoms with E-state index >= 15 is 0 Å². The van der Waals surface area contributed by atoms with Crippen LogP contribution in [-0.2, 0) is 14.6 Å². The lowest BCUT2D eigenvalue weighted by Crippen LogP contribution is -3.00. The molecule has 2 atom stereocenters. The van der Waals surface area contributed by atoms with E-state index in [1.165, 1.54) is 6.92 Å². The van der Waals surface area contributed by atoms with Crippen LogP contribution in [0.5, 0.6) is 0 Å². The number of carbonyl (C=O) groups excluding carboxylic acids is 1. The number of amides is 1. The molecule has 7 heteroatoms. The number of hydrogen-bond acceptors (Lipinski definition) is 3. The Morgan fingerprint density at radius 2 is 2.00 bits per heavy atom. The third-order valence-electron chi connectivity index (χ3n) is 1.86. The first kappa shape index (κ1) is 12.7. The highest BCUT2D eigenvalue weighted by Crippen LogP contribution is 2.08. The van der Waals surface area contributed by atoms with Crippen LogP contribution in [0.2, 0.25) is 0 Å². The van der Waals surface area contributed by atoms with Gasteiger partial charge in [-0.05, 0) is 0 Å². The first-order valence-electron chi connectivity index (χ1n) is 3.71. The van der Waals surface area contributed by atoms with Gasteiger partial charge in [-0.2, -0.15) is 0 Å². The van der Waals surface area contributed by atoms with Crippen molar-refractivity contribution in [3.8, 4) is 0 Å². The fourth-order valence-corrected chi connectivity index (χ4v) is 3.26. The normalized spacial score (nSPS) is 30.6. The Bertz CT molecular complexity index is 290. The number of quaternary nitrogens is 1. The van der Waals surface area contributed by atoms with E-state index in [0.29, 0.717) is 0 Å². The summed E-state index contributed by atoms with van der Waals surface area (Å²) >= 11 is 0. The molecule has 0 aromatic heterocycles. The smallest absolute Gasteiger partial charge is 0.217 e. The van der Waals surface area contributed by atoms with Crippen molar-refractivity contribution < 1.29 is 31.4 Å². The van der Waals surface area contributed by atoms with Crippen LogP contribution in [0.15, 0.2) is 0 Å². The second-order valence-corrected chi connectivity index (χ2v) is 5.30. The van der Waals surface area contributed by atoms with Crippen molar-refractivity contribution in [3.05, 3.63) is 0 Å². The molecular formula is C6H13ClN2O3S. The molecule has 1 amide bonds. The van der Waals surface area contributed by atoms with E-state index in [1.54, 1.807) is 0 Å². The maximum atomic E-state index is 11.0. The van der Waals surface area contributed by atoms with Gasteiger partial charge in [0.15, 0.2) is 9.84 Å². The Kier molecular flexibility index (Phi) is 4.15.